The van der Waals surface area contributed by atoms with E-state index in [0.717, 1.165) is 13.4 Å². The Labute approximate surface area is 180 Å². The number of hydrogen-bond acceptors (Lipinski definition) is 6. The van der Waals surface area contributed by atoms with E-state index in [4.69, 9.17) is 30.0 Å². The van der Waals surface area contributed by atoms with Gasteiger partial charge in [0.25, 0.3) is 0 Å². The Morgan fingerprint density at radius 1 is 0.636 bits per heavy atom. The van der Waals surface area contributed by atoms with E-state index in [1.54, 1.807) is 15.0 Å². The van der Waals surface area contributed by atoms with Crippen LogP contribution < -0.4 is 0 Å². The lowest BCUT2D eigenvalue weighted by atomic mass is 10.7. The quantitative estimate of drug-likeness (QED) is 0.245. The predicted molar refractivity (Wildman–Crippen MR) is 113 cm³/mol. The van der Waals surface area contributed by atoms with E-state index in [9.17, 15) is 0 Å². The molecule has 0 amide bonds. The summed E-state index contributed by atoms with van der Waals surface area (Å²) in [5, 5.41) is 24.6. The van der Waals surface area contributed by atoms with Crippen molar-refractivity contribution in [3.05, 3.63) is 28.4 Å². The van der Waals surface area contributed by atoms with Gasteiger partial charge in [0.1, 0.15) is 0 Å². The van der Waals surface area contributed by atoms with Gasteiger partial charge in [-0.1, -0.05) is 95.6 Å². The maximum absolute atomic E-state index is 8.19. The molecule has 0 rings (SSSR count). The third-order valence-electron chi connectivity index (χ3n) is 0.808. The predicted octanol–water partition coefficient (Wildman–Crippen LogP) is 4.02. The summed E-state index contributed by atoms with van der Waals surface area (Å²) < 4.78 is 2.26. The zero-order chi connectivity index (χ0) is 18.6. The number of rotatable bonds is 3. The Balaban J connectivity index is -0.0000000994. The second-order valence-corrected chi connectivity index (χ2v) is 7.38. The second kappa shape index (κ2) is 28.1. The first-order valence-electron chi connectivity index (χ1n) is 4.70. The highest BCUT2D eigenvalue weighted by Gasteiger charge is 1.79. The highest BCUT2D eigenvalue weighted by Crippen LogP contribution is 2.11. The van der Waals surface area contributed by atoms with Gasteiger partial charge in [0.15, 0.2) is 0 Å². The van der Waals surface area contributed by atoms with Crippen LogP contribution in [-0.4, -0.2) is 49.8 Å². The summed E-state index contributed by atoms with van der Waals surface area (Å²) in [5.41, 5.74) is 0. The normalized spacial score (nSPS) is 11.6. The van der Waals surface area contributed by atoms with Crippen molar-refractivity contribution in [2.45, 2.75) is 0 Å². The second-order valence-electron chi connectivity index (χ2n) is 2.41. The van der Waals surface area contributed by atoms with Gasteiger partial charge in [-0.05, 0) is 15.0 Å². The van der Waals surface area contributed by atoms with Crippen LogP contribution in [0.5, 0.6) is 0 Å². The van der Waals surface area contributed by atoms with Gasteiger partial charge >= 0.3 is 8.60 Å². The first-order valence-corrected chi connectivity index (χ1v) is 11.0. The zero-order valence-corrected chi connectivity index (χ0v) is 21.2. The van der Waals surface area contributed by atoms with Crippen molar-refractivity contribution >= 4 is 104 Å². The molecule has 22 heavy (non-hydrogen) atoms. The third kappa shape index (κ3) is 49.5. The van der Waals surface area contributed by atoms with Crippen LogP contribution in [0.2, 0.25) is 0 Å². The minimum absolute atomic E-state index is 0.0608. The first kappa shape index (κ1) is 32.0. The molecule has 0 unspecified atom stereocenters. The molecule has 0 aliphatic rings. The first-order chi connectivity index (χ1) is 10.2. The van der Waals surface area contributed by atoms with E-state index >= 15 is 0 Å². The van der Waals surface area contributed by atoms with E-state index in [-0.39, 0.29) is 19.8 Å². The summed E-state index contributed by atoms with van der Waals surface area (Å²) in [6.07, 6.45) is 0. The molecular weight excluding hydrogens is 714 g/mol. The number of aliphatic hydroxyl groups is 3. The fourth-order valence-electron chi connectivity index (χ4n) is 0.104. The maximum atomic E-state index is 8.19. The lowest BCUT2D eigenvalue weighted by Gasteiger charge is -1.80. The van der Waals surface area contributed by atoms with Crippen molar-refractivity contribution in [2.75, 3.05) is 19.8 Å². The fraction of sp³-hybridized carbons (Fsp3) is 0.333. The van der Waals surface area contributed by atoms with E-state index in [1.165, 1.54) is 0 Å². The molecule has 13 heteroatoms. The summed E-state index contributed by atoms with van der Waals surface area (Å²) >= 11 is 18.1. The van der Waals surface area contributed by atoms with Gasteiger partial charge in [0, 0.05) is 13.4 Å². The van der Waals surface area contributed by atoms with Crippen LogP contribution in [-0.2, 0) is 0 Å². The third-order valence-corrected chi connectivity index (χ3v) is 5.75. The number of hydrogen-bond donors (Lipinski definition) is 6. The molecule has 0 fully saturated rings. The largest absolute Gasteiger partial charge is 0.391 e. The SMILES string of the molecule is OCC(Br)=CBr.OCC(Br)=CBr.OCC(Br)=CBr.OP(O)O. The molecule has 0 spiro atoms. The summed E-state index contributed by atoms with van der Waals surface area (Å²) in [5.74, 6) is 0. The molecule has 6 nitrogen and oxygen atoms in total. The van der Waals surface area contributed by atoms with Crippen molar-refractivity contribution in [3.63, 3.8) is 0 Å². The van der Waals surface area contributed by atoms with E-state index in [0.29, 0.717) is 0 Å². The molecule has 134 valence electrons. The summed E-state index contributed by atoms with van der Waals surface area (Å²) in [4.78, 5) is 26.5. The van der Waals surface area contributed by atoms with Crippen LogP contribution in [0.1, 0.15) is 0 Å². The summed E-state index contributed by atoms with van der Waals surface area (Å²) in [6.45, 7) is 0.182. The molecule has 0 aromatic rings. The molecule has 0 aromatic heterocycles. The Hall–Kier alpha value is 2.29. The van der Waals surface area contributed by atoms with Crippen LogP contribution in [0.15, 0.2) is 28.4 Å². The van der Waals surface area contributed by atoms with E-state index < -0.39 is 8.60 Å². The van der Waals surface area contributed by atoms with Gasteiger partial charge in [-0.2, -0.15) is 0 Å². The molecule has 0 saturated carbocycles. The monoisotopic (exact) mass is 724 g/mol. The minimum Gasteiger partial charge on any atom is -0.391 e. The van der Waals surface area contributed by atoms with Crippen LogP contribution in [0.3, 0.4) is 0 Å². The van der Waals surface area contributed by atoms with Gasteiger partial charge in [-0.15, -0.1) is 0 Å². The Morgan fingerprint density at radius 2 is 0.773 bits per heavy atom. The van der Waals surface area contributed by atoms with Gasteiger partial charge < -0.3 is 30.0 Å². The Morgan fingerprint density at radius 3 is 0.773 bits per heavy atom. The smallest absolute Gasteiger partial charge is 0.324 e. The Kier molecular flexibility index (Phi) is 40.9. The molecule has 0 radical (unpaired) electrons. The van der Waals surface area contributed by atoms with Crippen molar-refractivity contribution in [3.8, 4) is 0 Å². The summed E-state index contributed by atoms with van der Waals surface area (Å²) in [6, 6.07) is 0. The molecule has 0 saturated heterocycles. The van der Waals surface area contributed by atoms with Crippen LogP contribution >= 0.6 is 104 Å². The van der Waals surface area contributed by atoms with Gasteiger partial charge in [-0.3, -0.25) is 0 Å². The van der Waals surface area contributed by atoms with Gasteiger partial charge in [-0.25, -0.2) is 0 Å². The van der Waals surface area contributed by atoms with Crippen molar-refractivity contribution in [2.24, 2.45) is 0 Å². The molecule has 0 aromatic carbocycles. The number of halogens is 6. The minimum atomic E-state index is -2.62. The van der Waals surface area contributed by atoms with E-state index in [2.05, 4.69) is 95.6 Å². The standard InChI is InChI=1S/3C3H4Br2O.H3O3P/c3*4-1-3(5)2-6;1-4(2)3/h3*1,6H,2H2;1-3H. The van der Waals surface area contributed by atoms with Crippen LogP contribution in [0.4, 0.5) is 0 Å². The van der Waals surface area contributed by atoms with Gasteiger partial charge in [0.2, 0.25) is 0 Å². The molecule has 0 heterocycles. The van der Waals surface area contributed by atoms with Crippen molar-refractivity contribution in [1.29, 1.82) is 0 Å². The molecule has 0 atom stereocenters. The van der Waals surface area contributed by atoms with Crippen LogP contribution in [0, 0.1) is 0 Å². The lowest BCUT2D eigenvalue weighted by molar-refractivity contribution is 0.340. The molecule has 0 aliphatic carbocycles. The average Bonchev–Trinajstić information content (AvgIpc) is 2.52. The highest BCUT2D eigenvalue weighted by molar-refractivity contribution is 9.14. The lowest BCUT2D eigenvalue weighted by Crippen LogP contribution is -1.74. The Bertz CT molecular complexity index is 267. The molecule has 0 bridgehead atoms. The fourth-order valence-corrected chi connectivity index (χ4v) is 0.538. The van der Waals surface area contributed by atoms with Crippen molar-refractivity contribution in [1.82, 2.24) is 0 Å². The summed E-state index contributed by atoms with van der Waals surface area (Å²) in [7, 11) is -2.62. The highest BCUT2D eigenvalue weighted by atomic mass is 79.9. The number of aliphatic hydroxyl groups excluding tert-OH is 3. The zero-order valence-electron chi connectivity index (χ0n) is 10.8. The topological polar surface area (TPSA) is 121 Å². The molecular formula is C9H15Br6O6P. The van der Waals surface area contributed by atoms with Crippen molar-refractivity contribution < 1.29 is 30.0 Å². The molecule has 0 aliphatic heterocycles. The average molecular weight is 730 g/mol. The molecule has 6 N–H and O–H groups in total. The van der Waals surface area contributed by atoms with Crippen LogP contribution in [0.25, 0.3) is 0 Å². The van der Waals surface area contributed by atoms with E-state index in [1.807, 2.05) is 0 Å². The maximum Gasteiger partial charge on any atom is 0.324 e. The van der Waals surface area contributed by atoms with Gasteiger partial charge in [0.05, 0.1) is 19.8 Å².